The standard InChI is InChI=1S/C22H21NS/c1-3-20(19-13-8-5-9-14-19)21-15-10-16-23-22(21)24-17(2)18-11-6-4-7-12-18/h3-17H,1-2H3/b20-3-. The number of thioether (sulfide) groups is 1. The molecule has 1 nitrogen and oxygen atoms in total. The average molecular weight is 331 g/mol. The molecule has 0 bridgehead atoms. The van der Waals surface area contributed by atoms with Crippen molar-refractivity contribution in [3.8, 4) is 0 Å². The molecule has 120 valence electrons. The summed E-state index contributed by atoms with van der Waals surface area (Å²) in [5.74, 6) is 0. The van der Waals surface area contributed by atoms with Crippen molar-refractivity contribution in [1.29, 1.82) is 0 Å². The molecule has 24 heavy (non-hydrogen) atoms. The molecule has 0 N–H and O–H groups in total. The quantitative estimate of drug-likeness (QED) is 0.503. The Morgan fingerprint density at radius 3 is 2.25 bits per heavy atom. The Balaban J connectivity index is 1.93. The van der Waals surface area contributed by atoms with E-state index in [4.69, 9.17) is 0 Å². The van der Waals surface area contributed by atoms with E-state index in [9.17, 15) is 0 Å². The van der Waals surface area contributed by atoms with Gasteiger partial charge in [-0.25, -0.2) is 4.98 Å². The molecule has 2 heteroatoms. The Morgan fingerprint density at radius 2 is 1.58 bits per heavy atom. The van der Waals surface area contributed by atoms with Crippen LogP contribution in [0.2, 0.25) is 0 Å². The van der Waals surface area contributed by atoms with Crippen molar-refractivity contribution in [3.05, 3.63) is 102 Å². The zero-order chi connectivity index (χ0) is 16.8. The van der Waals surface area contributed by atoms with Crippen molar-refractivity contribution in [2.24, 2.45) is 0 Å². The van der Waals surface area contributed by atoms with Crippen LogP contribution in [-0.4, -0.2) is 4.98 Å². The summed E-state index contributed by atoms with van der Waals surface area (Å²) >= 11 is 1.81. The van der Waals surface area contributed by atoms with Gasteiger partial charge in [0.2, 0.25) is 0 Å². The zero-order valence-corrected chi connectivity index (χ0v) is 14.8. The van der Waals surface area contributed by atoms with E-state index in [2.05, 4.69) is 85.6 Å². The lowest BCUT2D eigenvalue weighted by Crippen LogP contribution is -1.95. The zero-order valence-electron chi connectivity index (χ0n) is 14.0. The number of benzene rings is 2. The summed E-state index contributed by atoms with van der Waals surface area (Å²) in [4.78, 5) is 4.66. The maximum Gasteiger partial charge on any atom is 0.104 e. The van der Waals surface area contributed by atoms with Crippen LogP contribution in [0.3, 0.4) is 0 Å². The molecule has 1 aromatic heterocycles. The molecule has 0 saturated heterocycles. The van der Waals surface area contributed by atoms with Gasteiger partial charge in [0, 0.05) is 17.0 Å². The van der Waals surface area contributed by atoms with Gasteiger partial charge in [-0.1, -0.05) is 84.6 Å². The second-order valence-corrected chi connectivity index (χ2v) is 6.92. The number of pyridine rings is 1. The fourth-order valence-electron chi connectivity index (χ4n) is 2.74. The summed E-state index contributed by atoms with van der Waals surface area (Å²) in [7, 11) is 0. The fourth-order valence-corrected chi connectivity index (χ4v) is 3.80. The molecule has 0 aliphatic carbocycles. The smallest absolute Gasteiger partial charge is 0.104 e. The number of allylic oxidation sites excluding steroid dienone is 1. The van der Waals surface area contributed by atoms with E-state index in [1.165, 1.54) is 22.3 Å². The van der Waals surface area contributed by atoms with Gasteiger partial charge < -0.3 is 0 Å². The van der Waals surface area contributed by atoms with E-state index in [1.54, 1.807) is 0 Å². The van der Waals surface area contributed by atoms with Gasteiger partial charge in [0.25, 0.3) is 0 Å². The minimum Gasteiger partial charge on any atom is -0.249 e. The monoisotopic (exact) mass is 331 g/mol. The molecule has 1 unspecified atom stereocenters. The Bertz CT molecular complexity index is 810. The largest absolute Gasteiger partial charge is 0.249 e. The molecule has 0 spiro atoms. The molecule has 1 atom stereocenters. The lowest BCUT2D eigenvalue weighted by Gasteiger charge is -2.16. The summed E-state index contributed by atoms with van der Waals surface area (Å²) in [5.41, 5.74) is 4.97. The maximum atomic E-state index is 4.66. The first-order chi connectivity index (χ1) is 11.8. The van der Waals surface area contributed by atoms with E-state index < -0.39 is 0 Å². The third-order valence-corrected chi connectivity index (χ3v) is 5.17. The highest BCUT2D eigenvalue weighted by Crippen LogP contribution is 2.38. The molecule has 0 radical (unpaired) electrons. The third-order valence-electron chi connectivity index (χ3n) is 3.99. The van der Waals surface area contributed by atoms with Crippen molar-refractivity contribution in [3.63, 3.8) is 0 Å². The first-order valence-corrected chi connectivity index (χ1v) is 9.06. The minimum absolute atomic E-state index is 0.355. The van der Waals surface area contributed by atoms with E-state index in [-0.39, 0.29) is 0 Å². The molecule has 2 aromatic carbocycles. The van der Waals surface area contributed by atoms with E-state index in [0.717, 1.165) is 5.03 Å². The molecule has 0 fully saturated rings. The van der Waals surface area contributed by atoms with Crippen LogP contribution in [-0.2, 0) is 0 Å². The van der Waals surface area contributed by atoms with Gasteiger partial charge in [-0.15, -0.1) is 0 Å². The van der Waals surface area contributed by atoms with Gasteiger partial charge in [-0.05, 0) is 36.6 Å². The van der Waals surface area contributed by atoms with Crippen molar-refractivity contribution in [2.45, 2.75) is 24.1 Å². The first kappa shape index (κ1) is 16.5. The molecule has 0 amide bonds. The Labute approximate surface area is 148 Å². The summed E-state index contributed by atoms with van der Waals surface area (Å²) < 4.78 is 0. The summed E-state index contributed by atoms with van der Waals surface area (Å²) in [6.07, 6.45) is 4.05. The van der Waals surface area contributed by atoms with Gasteiger partial charge in [0.15, 0.2) is 0 Å². The first-order valence-electron chi connectivity index (χ1n) is 8.18. The van der Waals surface area contributed by atoms with E-state index >= 15 is 0 Å². The molecule has 0 saturated carbocycles. The van der Waals surface area contributed by atoms with Gasteiger partial charge in [0.05, 0.1) is 0 Å². The van der Waals surface area contributed by atoms with E-state index in [0.29, 0.717) is 5.25 Å². The van der Waals surface area contributed by atoms with Gasteiger partial charge in [-0.3, -0.25) is 0 Å². The fraction of sp³-hybridized carbons (Fsp3) is 0.136. The maximum absolute atomic E-state index is 4.66. The van der Waals surface area contributed by atoms with Crippen molar-refractivity contribution < 1.29 is 0 Å². The highest BCUT2D eigenvalue weighted by atomic mass is 32.2. The van der Waals surface area contributed by atoms with Crippen molar-refractivity contribution in [2.75, 3.05) is 0 Å². The normalized spacial score (nSPS) is 12.8. The molecule has 0 aliphatic rings. The average Bonchev–Trinajstić information content (AvgIpc) is 2.65. The summed E-state index contributed by atoms with van der Waals surface area (Å²) in [6, 6.07) is 25.3. The predicted molar refractivity (Wildman–Crippen MR) is 104 cm³/mol. The number of nitrogens with zero attached hydrogens (tertiary/aromatic N) is 1. The minimum atomic E-state index is 0.355. The Hall–Kier alpha value is -2.32. The predicted octanol–water partition coefficient (Wildman–Crippen LogP) is 6.39. The number of hydrogen-bond donors (Lipinski definition) is 0. The van der Waals surface area contributed by atoms with Gasteiger partial charge in [-0.2, -0.15) is 0 Å². The second-order valence-electron chi connectivity index (χ2n) is 5.60. The molecule has 3 rings (SSSR count). The SMILES string of the molecule is C/C=C(/c1ccccc1)c1cccnc1SC(C)c1ccccc1. The van der Waals surface area contributed by atoms with Crippen LogP contribution < -0.4 is 0 Å². The van der Waals surface area contributed by atoms with Crippen LogP contribution in [0.4, 0.5) is 0 Å². The molecular formula is C22H21NS. The molecule has 3 aromatic rings. The number of aromatic nitrogens is 1. The number of rotatable bonds is 5. The Kier molecular flexibility index (Phi) is 5.50. The van der Waals surface area contributed by atoms with Gasteiger partial charge >= 0.3 is 0 Å². The van der Waals surface area contributed by atoms with Crippen LogP contribution in [0.15, 0.2) is 90.1 Å². The molecule has 1 heterocycles. The van der Waals surface area contributed by atoms with Crippen LogP contribution in [0.5, 0.6) is 0 Å². The molecule has 0 aliphatic heterocycles. The van der Waals surface area contributed by atoms with Crippen LogP contribution in [0.25, 0.3) is 5.57 Å². The lowest BCUT2D eigenvalue weighted by atomic mass is 9.99. The highest BCUT2D eigenvalue weighted by Gasteiger charge is 2.14. The Morgan fingerprint density at radius 1 is 0.917 bits per heavy atom. The second kappa shape index (κ2) is 7.98. The number of hydrogen-bond acceptors (Lipinski definition) is 2. The van der Waals surface area contributed by atoms with Crippen LogP contribution in [0, 0.1) is 0 Å². The van der Waals surface area contributed by atoms with Crippen molar-refractivity contribution >= 4 is 17.3 Å². The topological polar surface area (TPSA) is 12.9 Å². The summed E-state index contributed by atoms with van der Waals surface area (Å²) in [5, 5.41) is 1.43. The van der Waals surface area contributed by atoms with Gasteiger partial charge in [0.1, 0.15) is 5.03 Å². The van der Waals surface area contributed by atoms with Crippen LogP contribution >= 0.6 is 11.8 Å². The summed E-state index contributed by atoms with van der Waals surface area (Å²) in [6.45, 7) is 4.32. The van der Waals surface area contributed by atoms with E-state index in [1.807, 2.05) is 30.1 Å². The molecular weight excluding hydrogens is 310 g/mol. The van der Waals surface area contributed by atoms with Crippen molar-refractivity contribution in [1.82, 2.24) is 4.98 Å². The lowest BCUT2D eigenvalue weighted by molar-refractivity contribution is 1.05. The third kappa shape index (κ3) is 3.77. The highest BCUT2D eigenvalue weighted by molar-refractivity contribution is 7.99. The van der Waals surface area contributed by atoms with Crippen LogP contribution in [0.1, 0.15) is 35.8 Å².